The van der Waals surface area contributed by atoms with Gasteiger partial charge in [0.05, 0.1) is 11.1 Å². The van der Waals surface area contributed by atoms with Crippen molar-refractivity contribution < 1.29 is 13.2 Å². The molecule has 1 atom stereocenters. The largest absolute Gasteiger partial charge is 0.366 e. The van der Waals surface area contributed by atoms with Crippen LogP contribution in [0.15, 0.2) is 18.5 Å². The zero-order valence-corrected chi connectivity index (χ0v) is 15.4. The molecule has 2 heterocycles. The highest BCUT2D eigenvalue weighted by Gasteiger charge is 2.28. The Morgan fingerprint density at radius 3 is 2.42 bits per heavy atom. The molecule has 0 saturated carbocycles. The predicted molar refractivity (Wildman–Crippen MR) is 93.6 cm³/mol. The molecule has 0 fully saturated rings. The lowest BCUT2D eigenvalue weighted by molar-refractivity contribution is 0.358. The number of nitrogens with zero attached hydrogens (tertiary/aromatic N) is 4. The van der Waals surface area contributed by atoms with Crippen molar-refractivity contribution in [2.75, 3.05) is 5.32 Å². The monoisotopic (exact) mass is 383 g/mol. The van der Waals surface area contributed by atoms with E-state index in [-0.39, 0.29) is 33.8 Å². The van der Waals surface area contributed by atoms with Gasteiger partial charge < -0.3 is 5.32 Å². The summed E-state index contributed by atoms with van der Waals surface area (Å²) in [7, 11) is 0. The average molecular weight is 384 g/mol. The first kappa shape index (κ1) is 18.4. The Labute approximate surface area is 153 Å². The van der Waals surface area contributed by atoms with E-state index in [1.54, 1.807) is 0 Å². The fraction of sp³-hybridized carbons (Fsp3) is 0.353. The number of rotatable bonds is 3. The number of aromatic nitrogens is 4. The second-order valence-corrected chi connectivity index (χ2v) is 7.41. The van der Waals surface area contributed by atoms with Crippen LogP contribution in [0.3, 0.4) is 0 Å². The number of benzene rings is 1. The van der Waals surface area contributed by atoms with E-state index in [1.165, 1.54) is 10.8 Å². The van der Waals surface area contributed by atoms with Crippen molar-refractivity contribution in [2.24, 2.45) is 5.41 Å². The van der Waals surface area contributed by atoms with Crippen molar-refractivity contribution in [1.82, 2.24) is 19.6 Å². The normalized spacial score (nSPS) is 13.2. The van der Waals surface area contributed by atoms with E-state index in [4.69, 9.17) is 11.6 Å². The van der Waals surface area contributed by atoms with Gasteiger partial charge in [0, 0.05) is 6.04 Å². The summed E-state index contributed by atoms with van der Waals surface area (Å²) < 4.78 is 43.9. The quantitative estimate of drug-likeness (QED) is 0.525. The predicted octanol–water partition coefficient (Wildman–Crippen LogP) is 4.71. The summed E-state index contributed by atoms with van der Waals surface area (Å²) in [6.45, 7) is 7.89. The Bertz CT molecular complexity index is 981. The third-order valence-electron chi connectivity index (χ3n) is 4.33. The van der Waals surface area contributed by atoms with Crippen LogP contribution in [-0.4, -0.2) is 25.6 Å². The summed E-state index contributed by atoms with van der Waals surface area (Å²) in [6.07, 6.45) is 1.24. The van der Waals surface area contributed by atoms with Gasteiger partial charge in [0.25, 0.3) is 5.78 Å². The lowest BCUT2D eigenvalue weighted by Crippen LogP contribution is -2.32. The summed E-state index contributed by atoms with van der Waals surface area (Å²) in [6, 6.07) is 1.41. The molecule has 0 amide bonds. The number of anilines is 1. The standard InChI is InChI=1S/C17H17ClF3N5/c1-8(17(2,3)4)24-15-12(11-9(19)5-6-10(20)13(11)21)14(18)25-16-22-7-23-26(15)16/h5-8,24H,1-4H3. The van der Waals surface area contributed by atoms with E-state index in [9.17, 15) is 13.2 Å². The van der Waals surface area contributed by atoms with Crippen LogP contribution in [0.5, 0.6) is 0 Å². The highest BCUT2D eigenvalue weighted by atomic mass is 35.5. The van der Waals surface area contributed by atoms with E-state index < -0.39 is 23.0 Å². The number of fused-ring (bicyclic) bond motifs is 1. The molecule has 0 aliphatic heterocycles. The second kappa shape index (κ2) is 6.42. The van der Waals surface area contributed by atoms with Gasteiger partial charge in [-0.3, -0.25) is 0 Å². The van der Waals surface area contributed by atoms with Crippen LogP contribution in [0.2, 0.25) is 5.15 Å². The lowest BCUT2D eigenvalue weighted by Gasteiger charge is -2.30. The Balaban J connectivity index is 2.34. The molecule has 3 rings (SSSR count). The van der Waals surface area contributed by atoms with Crippen LogP contribution < -0.4 is 5.32 Å². The highest BCUT2D eigenvalue weighted by molar-refractivity contribution is 6.33. The van der Waals surface area contributed by atoms with Crippen molar-refractivity contribution >= 4 is 23.2 Å². The van der Waals surface area contributed by atoms with Gasteiger partial charge in [-0.15, -0.1) is 0 Å². The van der Waals surface area contributed by atoms with Crippen LogP contribution in [-0.2, 0) is 0 Å². The number of hydrogen-bond acceptors (Lipinski definition) is 4. The maximum atomic E-state index is 14.4. The zero-order valence-electron chi connectivity index (χ0n) is 14.6. The molecule has 138 valence electrons. The van der Waals surface area contributed by atoms with Crippen LogP contribution in [0.1, 0.15) is 27.7 Å². The molecule has 1 N–H and O–H groups in total. The van der Waals surface area contributed by atoms with Gasteiger partial charge in [-0.25, -0.2) is 13.2 Å². The topological polar surface area (TPSA) is 55.1 Å². The molecule has 0 spiro atoms. The summed E-state index contributed by atoms with van der Waals surface area (Å²) in [5.41, 5.74) is -0.919. The maximum absolute atomic E-state index is 14.4. The van der Waals surface area contributed by atoms with E-state index in [0.29, 0.717) is 6.07 Å². The van der Waals surface area contributed by atoms with E-state index in [1.807, 2.05) is 27.7 Å². The number of hydrogen-bond donors (Lipinski definition) is 1. The van der Waals surface area contributed by atoms with Crippen molar-refractivity contribution in [3.05, 3.63) is 41.1 Å². The number of nitrogens with one attached hydrogen (secondary N) is 1. The highest BCUT2D eigenvalue weighted by Crippen LogP contribution is 2.39. The van der Waals surface area contributed by atoms with Crippen molar-refractivity contribution in [3.63, 3.8) is 0 Å². The Kier molecular flexibility index (Phi) is 4.56. The van der Waals surface area contributed by atoms with Gasteiger partial charge in [0.1, 0.15) is 23.1 Å². The SMILES string of the molecule is CC(Nc1c(-c2c(F)ccc(F)c2F)c(Cl)nc2ncnn12)C(C)(C)C. The minimum Gasteiger partial charge on any atom is -0.366 e. The molecular formula is C17H17ClF3N5. The van der Waals surface area contributed by atoms with E-state index >= 15 is 0 Å². The third kappa shape index (κ3) is 3.09. The zero-order chi connectivity index (χ0) is 19.2. The van der Waals surface area contributed by atoms with Crippen LogP contribution >= 0.6 is 11.6 Å². The summed E-state index contributed by atoms with van der Waals surface area (Å²) in [4.78, 5) is 7.97. The van der Waals surface area contributed by atoms with Crippen LogP contribution in [0.25, 0.3) is 16.9 Å². The molecule has 1 aromatic carbocycles. The van der Waals surface area contributed by atoms with Gasteiger partial charge >= 0.3 is 0 Å². The maximum Gasteiger partial charge on any atom is 0.255 e. The lowest BCUT2D eigenvalue weighted by atomic mass is 9.88. The van der Waals surface area contributed by atoms with Gasteiger partial charge in [0.2, 0.25) is 0 Å². The minimum absolute atomic E-state index is 0.115. The Hall–Kier alpha value is -2.35. The van der Waals surface area contributed by atoms with Crippen molar-refractivity contribution in [3.8, 4) is 11.1 Å². The molecule has 3 aromatic rings. The molecule has 0 aliphatic rings. The van der Waals surface area contributed by atoms with Gasteiger partial charge in [0.15, 0.2) is 11.6 Å². The molecule has 0 aliphatic carbocycles. The molecule has 1 unspecified atom stereocenters. The summed E-state index contributed by atoms with van der Waals surface area (Å²) >= 11 is 6.21. The fourth-order valence-corrected chi connectivity index (χ4v) is 2.61. The fourth-order valence-electron chi connectivity index (χ4n) is 2.35. The summed E-state index contributed by atoms with van der Waals surface area (Å²) in [5, 5.41) is 7.01. The molecule has 0 saturated heterocycles. The van der Waals surface area contributed by atoms with Crippen LogP contribution in [0, 0.1) is 22.9 Å². The molecule has 0 bridgehead atoms. The number of halogens is 4. The molecule has 0 radical (unpaired) electrons. The minimum atomic E-state index is -1.35. The van der Waals surface area contributed by atoms with Crippen LogP contribution in [0.4, 0.5) is 19.0 Å². The molecule has 5 nitrogen and oxygen atoms in total. The second-order valence-electron chi connectivity index (χ2n) is 7.05. The van der Waals surface area contributed by atoms with Gasteiger partial charge in [-0.1, -0.05) is 32.4 Å². The van der Waals surface area contributed by atoms with Gasteiger partial charge in [-0.05, 0) is 24.5 Å². The smallest absolute Gasteiger partial charge is 0.255 e. The first-order valence-corrected chi connectivity index (χ1v) is 8.28. The van der Waals surface area contributed by atoms with Gasteiger partial charge in [-0.2, -0.15) is 19.6 Å². The third-order valence-corrected chi connectivity index (χ3v) is 4.60. The van der Waals surface area contributed by atoms with Crippen molar-refractivity contribution in [1.29, 1.82) is 0 Å². The Morgan fingerprint density at radius 2 is 1.77 bits per heavy atom. The Morgan fingerprint density at radius 1 is 1.12 bits per heavy atom. The van der Waals surface area contributed by atoms with E-state index in [0.717, 1.165) is 6.07 Å². The molecule has 26 heavy (non-hydrogen) atoms. The molecule has 2 aromatic heterocycles. The van der Waals surface area contributed by atoms with Crippen molar-refractivity contribution in [2.45, 2.75) is 33.7 Å². The van der Waals surface area contributed by atoms with E-state index in [2.05, 4.69) is 20.4 Å². The first-order chi connectivity index (χ1) is 12.1. The summed E-state index contributed by atoms with van der Waals surface area (Å²) in [5.74, 6) is -3.16. The first-order valence-electron chi connectivity index (χ1n) is 7.91. The molecular weight excluding hydrogens is 367 g/mol. The average Bonchev–Trinajstić information content (AvgIpc) is 3.00. The molecule has 9 heteroatoms.